The highest BCUT2D eigenvalue weighted by molar-refractivity contribution is 5.75. The fourth-order valence-electron chi connectivity index (χ4n) is 2.18. The fourth-order valence-corrected chi connectivity index (χ4v) is 2.18. The van der Waals surface area contributed by atoms with Crippen LogP contribution in [0, 0.1) is 0 Å². The monoisotopic (exact) mass is 229 g/mol. The van der Waals surface area contributed by atoms with E-state index >= 15 is 0 Å². The van der Waals surface area contributed by atoms with Gasteiger partial charge in [-0.1, -0.05) is 6.42 Å². The van der Waals surface area contributed by atoms with Crippen LogP contribution >= 0.6 is 0 Å². The number of piperidine rings is 1. The molecule has 16 heavy (non-hydrogen) atoms. The summed E-state index contributed by atoms with van der Waals surface area (Å²) in [5, 5.41) is 0. The van der Waals surface area contributed by atoms with Crippen LogP contribution in [-0.2, 0) is 14.3 Å². The van der Waals surface area contributed by atoms with Crippen LogP contribution < -0.4 is 0 Å². The fraction of sp³-hybridized carbons (Fsp3) is 0.917. The summed E-state index contributed by atoms with van der Waals surface area (Å²) in [5.74, 6) is -0.0869. The van der Waals surface area contributed by atoms with E-state index in [1.165, 1.54) is 13.5 Å². The maximum Gasteiger partial charge on any atom is 0.323 e. The smallest absolute Gasteiger partial charge is 0.323 e. The molecule has 1 heterocycles. The van der Waals surface area contributed by atoms with E-state index in [9.17, 15) is 4.79 Å². The second-order valence-corrected chi connectivity index (χ2v) is 4.12. The molecule has 0 amide bonds. The number of methoxy groups -OCH3 is 1. The molecule has 0 saturated carbocycles. The standard InChI is InChI=1S/C12H23NO3/c1-3-16-10-6-9-13-8-5-4-7-11(13)12(14)15-2/h11H,3-10H2,1-2H3/t11-/m1/s1. The lowest BCUT2D eigenvalue weighted by Crippen LogP contribution is -2.45. The number of ether oxygens (including phenoxy) is 2. The summed E-state index contributed by atoms with van der Waals surface area (Å²) in [6.45, 7) is 5.48. The summed E-state index contributed by atoms with van der Waals surface area (Å²) >= 11 is 0. The van der Waals surface area contributed by atoms with Gasteiger partial charge in [0.2, 0.25) is 0 Å². The lowest BCUT2D eigenvalue weighted by molar-refractivity contribution is -0.148. The summed E-state index contributed by atoms with van der Waals surface area (Å²) in [7, 11) is 1.47. The van der Waals surface area contributed by atoms with Gasteiger partial charge in [-0.05, 0) is 32.7 Å². The molecule has 4 nitrogen and oxygen atoms in total. The van der Waals surface area contributed by atoms with Crippen molar-refractivity contribution in [3.63, 3.8) is 0 Å². The predicted molar refractivity (Wildman–Crippen MR) is 62.3 cm³/mol. The summed E-state index contributed by atoms with van der Waals surface area (Å²) in [5.41, 5.74) is 0. The van der Waals surface area contributed by atoms with Crippen molar-refractivity contribution in [2.24, 2.45) is 0 Å². The molecule has 1 atom stereocenters. The Labute approximate surface area is 97.9 Å². The Hall–Kier alpha value is -0.610. The summed E-state index contributed by atoms with van der Waals surface area (Å²) in [6.07, 6.45) is 4.23. The number of nitrogens with zero attached hydrogens (tertiary/aromatic N) is 1. The zero-order valence-electron chi connectivity index (χ0n) is 10.4. The Bertz CT molecular complexity index is 208. The minimum atomic E-state index is -0.0869. The normalized spacial score (nSPS) is 22.0. The minimum Gasteiger partial charge on any atom is -0.468 e. The molecule has 1 fully saturated rings. The lowest BCUT2D eigenvalue weighted by Gasteiger charge is -2.33. The van der Waals surface area contributed by atoms with Crippen molar-refractivity contribution in [2.45, 2.75) is 38.6 Å². The zero-order valence-corrected chi connectivity index (χ0v) is 10.4. The largest absolute Gasteiger partial charge is 0.468 e. The van der Waals surface area contributed by atoms with E-state index in [2.05, 4.69) is 4.90 Å². The maximum absolute atomic E-state index is 11.6. The molecule has 0 aromatic heterocycles. The first kappa shape index (κ1) is 13.5. The molecule has 0 spiro atoms. The summed E-state index contributed by atoms with van der Waals surface area (Å²) in [4.78, 5) is 13.8. The molecule has 0 aromatic rings. The molecule has 0 radical (unpaired) electrons. The molecule has 1 aliphatic rings. The van der Waals surface area contributed by atoms with Crippen LogP contribution in [0.2, 0.25) is 0 Å². The number of carbonyl (C=O) groups excluding carboxylic acids is 1. The van der Waals surface area contributed by atoms with E-state index in [1.807, 2.05) is 6.92 Å². The Kier molecular flexibility index (Phi) is 6.42. The van der Waals surface area contributed by atoms with Crippen molar-refractivity contribution in [1.82, 2.24) is 4.90 Å². The number of hydrogen-bond acceptors (Lipinski definition) is 4. The first-order valence-corrected chi connectivity index (χ1v) is 6.19. The third-order valence-electron chi connectivity index (χ3n) is 3.03. The summed E-state index contributed by atoms with van der Waals surface area (Å²) < 4.78 is 10.1. The summed E-state index contributed by atoms with van der Waals surface area (Å²) in [6, 6.07) is -0.0274. The molecular weight excluding hydrogens is 206 g/mol. The van der Waals surface area contributed by atoms with Gasteiger partial charge in [-0.15, -0.1) is 0 Å². The molecule has 0 unspecified atom stereocenters. The number of esters is 1. The molecule has 0 N–H and O–H groups in total. The van der Waals surface area contributed by atoms with Crippen LogP contribution in [-0.4, -0.2) is 50.3 Å². The van der Waals surface area contributed by atoms with Gasteiger partial charge in [0.05, 0.1) is 7.11 Å². The molecule has 94 valence electrons. The molecule has 0 bridgehead atoms. The molecular formula is C12H23NO3. The van der Waals surface area contributed by atoms with Crippen LogP contribution in [0.3, 0.4) is 0 Å². The average Bonchev–Trinajstić information content (AvgIpc) is 2.34. The van der Waals surface area contributed by atoms with Crippen molar-refractivity contribution in [1.29, 1.82) is 0 Å². The Morgan fingerprint density at radius 3 is 2.94 bits per heavy atom. The number of likely N-dealkylation sites (tertiary alicyclic amines) is 1. The van der Waals surface area contributed by atoms with E-state index in [0.717, 1.165) is 45.6 Å². The van der Waals surface area contributed by atoms with Gasteiger partial charge >= 0.3 is 5.97 Å². The van der Waals surface area contributed by atoms with Gasteiger partial charge < -0.3 is 9.47 Å². The van der Waals surface area contributed by atoms with Crippen molar-refractivity contribution in [2.75, 3.05) is 33.4 Å². The number of rotatable bonds is 6. The first-order valence-electron chi connectivity index (χ1n) is 6.19. The second-order valence-electron chi connectivity index (χ2n) is 4.12. The molecule has 0 aromatic carbocycles. The Morgan fingerprint density at radius 1 is 1.44 bits per heavy atom. The third kappa shape index (κ3) is 4.10. The predicted octanol–water partition coefficient (Wildman–Crippen LogP) is 1.44. The van der Waals surface area contributed by atoms with Gasteiger partial charge in [0, 0.05) is 19.8 Å². The molecule has 1 saturated heterocycles. The minimum absolute atomic E-state index is 0.0274. The van der Waals surface area contributed by atoms with Gasteiger partial charge in [0.1, 0.15) is 6.04 Å². The van der Waals surface area contributed by atoms with E-state index < -0.39 is 0 Å². The van der Waals surface area contributed by atoms with Crippen LogP contribution in [0.25, 0.3) is 0 Å². The molecule has 4 heteroatoms. The van der Waals surface area contributed by atoms with Gasteiger partial charge in [0.15, 0.2) is 0 Å². The lowest BCUT2D eigenvalue weighted by atomic mass is 10.0. The zero-order chi connectivity index (χ0) is 11.8. The average molecular weight is 229 g/mol. The highest BCUT2D eigenvalue weighted by Gasteiger charge is 2.28. The first-order chi connectivity index (χ1) is 7.79. The quantitative estimate of drug-likeness (QED) is 0.510. The van der Waals surface area contributed by atoms with Crippen molar-refractivity contribution in [3.8, 4) is 0 Å². The highest BCUT2D eigenvalue weighted by Crippen LogP contribution is 2.18. The van der Waals surface area contributed by atoms with Crippen LogP contribution in [0.5, 0.6) is 0 Å². The van der Waals surface area contributed by atoms with E-state index in [-0.39, 0.29) is 12.0 Å². The number of carbonyl (C=O) groups is 1. The van der Waals surface area contributed by atoms with Crippen LogP contribution in [0.15, 0.2) is 0 Å². The van der Waals surface area contributed by atoms with Gasteiger partial charge in [0.25, 0.3) is 0 Å². The van der Waals surface area contributed by atoms with Crippen LogP contribution in [0.1, 0.15) is 32.6 Å². The molecule has 0 aliphatic carbocycles. The third-order valence-corrected chi connectivity index (χ3v) is 3.03. The highest BCUT2D eigenvalue weighted by atomic mass is 16.5. The topological polar surface area (TPSA) is 38.8 Å². The van der Waals surface area contributed by atoms with Crippen molar-refractivity contribution >= 4 is 5.97 Å². The van der Waals surface area contributed by atoms with E-state index in [1.54, 1.807) is 0 Å². The Balaban J connectivity index is 2.32. The molecule has 1 aliphatic heterocycles. The van der Waals surface area contributed by atoms with Crippen molar-refractivity contribution in [3.05, 3.63) is 0 Å². The SMILES string of the molecule is CCOCCCN1CCCC[C@@H]1C(=O)OC. The van der Waals surface area contributed by atoms with Gasteiger partial charge in [-0.25, -0.2) is 0 Å². The Morgan fingerprint density at radius 2 is 2.25 bits per heavy atom. The van der Waals surface area contributed by atoms with Gasteiger partial charge in [-0.3, -0.25) is 9.69 Å². The van der Waals surface area contributed by atoms with Crippen molar-refractivity contribution < 1.29 is 14.3 Å². The number of hydrogen-bond donors (Lipinski definition) is 0. The molecule has 1 rings (SSSR count). The maximum atomic E-state index is 11.6. The second kappa shape index (κ2) is 7.63. The van der Waals surface area contributed by atoms with E-state index in [4.69, 9.17) is 9.47 Å². The van der Waals surface area contributed by atoms with E-state index in [0.29, 0.717) is 0 Å². The van der Waals surface area contributed by atoms with Crippen LogP contribution in [0.4, 0.5) is 0 Å². The van der Waals surface area contributed by atoms with Gasteiger partial charge in [-0.2, -0.15) is 0 Å².